The summed E-state index contributed by atoms with van der Waals surface area (Å²) in [5.74, 6) is 0.275. The zero-order chi connectivity index (χ0) is 12.4. The molecule has 2 aromatic rings. The van der Waals surface area contributed by atoms with Crippen molar-refractivity contribution in [3.8, 4) is 0 Å². The maximum atomic E-state index is 12.1. The SMILES string of the molecule is Cc1nccc(C(=O)c2cccc(Cl)c2Cl)n1. The summed E-state index contributed by atoms with van der Waals surface area (Å²) < 4.78 is 0. The fourth-order valence-corrected chi connectivity index (χ4v) is 1.79. The Balaban J connectivity index is 2.48. The summed E-state index contributed by atoms with van der Waals surface area (Å²) in [6.45, 7) is 1.72. The van der Waals surface area contributed by atoms with Crippen molar-refractivity contribution in [1.29, 1.82) is 0 Å². The molecule has 0 bridgehead atoms. The number of rotatable bonds is 2. The lowest BCUT2D eigenvalue weighted by molar-refractivity contribution is 0.103. The lowest BCUT2D eigenvalue weighted by Crippen LogP contribution is -2.06. The third-order valence-corrected chi connectivity index (χ3v) is 3.02. The molecule has 3 nitrogen and oxygen atoms in total. The van der Waals surface area contributed by atoms with E-state index in [-0.39, 0.29) is 10.8 Å². The monoisotopic (exact) mass is 266 g/mol. The average Bonchev–Trinajstić information content (AvgIpc) is 2.32. The van der Waals surface area contributed by atoms with Crippen LogP contribution >= 0.6 is 23.2 Å². The molecule has 86 valence electrons. The van der Waals surface area contributed by atoms with E-state index in [9.17, 15) is 4.79 Å². The fraction of sp³-hybridized carbons (Fsp3) is 0.0833. The Morgan fingerprint density at radius 1 is 1.24 bits per heavy atom. The summed E-state index contributed by atoms with van der Waals surface area (Å²) in [5.41, 5.74) is 0.652. The van der Waals surface area contributed by atoms with E-state index in [2.05, 4.69) is 9.97 Å². The van der Waals surface area contributed by atoms with Crippen LogP contribution < -0.4 is 0 Å². The van der Waals surface area contributed by atoms with Gasteiger partial charge in [-0.1, -0.05) is 29.3 Å². The number of nitrogens with zero attached hydrogens (tertiary/aromatic N) is 2. The van der Waals surface area contributed by atoms with Crippen molar-refractivity contribution >= 4 is 29.0 Å². The van der Waals surface area contributed by atoms with Crippen LogP contribution in [0.1, 0.15) is 21.9 Å². The van der Waals surface area contributed by atoms with E-state index in [1.165, 1.54) is 6.20 Å². The third-order valence-electron chi connectivity index (χ3n) is 2.20. The molecule has 0 saturated carbocycles. The number of carbonyl (C=O) groups is 1. The molecule has 1 aromatic heterocycles. The third kappa shape index (κ3) is 2.46. The molecule has 0 fully saturated rings. The first-order valence-corrected chi connectivity index (χ1v) is 5.63. The van der Waals surface area contributed by atoms with Crippen molar-refractivity contribution in [2.75, 3.05) is 0 Å². The molecule has 0 saturated heterocycles. The van der Waals surface area contributed by atoms with Crippen molar-refractivity contribution in [2.24, 2.45) is 0 Å². The quantitative estimate of drug-likeness (QED) is 0.784. The Kier molecular flexibility index (Phi) is 3.41. The Morgan fingerprint density at radius 3 is 2.71 bits per heavy atom. The maximum absolute atomic E-state index is 12.1. The molecule has 0 amide bonds. The van der Waals surface area contributed by atoms with Crippen LogP contribution in [0, 0.1) is 6.92 Å². The standard InChI is InChI=1S/C12H8Cl2N2O/c1-7-15-6-5-10(16-7)12(17)8-3-2-4-9(13)11(8)14/h2-6H,1H3. The van der Waals surface area contributed by atoms with Gasteiger partial charge in [0.25, 0.3) is 0 Å². The van der Waals surface area contributed by atoms with Gasteiger partial charge >= 0.3 is 0 Å². The predicted molar refractivity (Wildman–Crippen MR) is 66.7 cm³/mol. The first kappa shape index (κ1) is 12.0. The van der Waals surface area contributed by atoms with Gasteiger partial charge in [-0.2, -0.15) is 0 Å². The van der Waals surface area contributed by atoms with Crippen molar-refractivity contribution < 1.29 is 4.79 Å². The normalized spacial score (nSPS) is 10.3. The summed E-state index contributed by atoms with van der Waals surface area (Å²) in [4.78, 5) is 20.1. The first-order valence-electron chi connectivity index (χ1n) is 4.88. The number of hydrogen-bond donors (Lipinski definition) is 0. The highest BCUT2D eigenvalue weighted by Crippen LogP contribution is 2.26. The number of ketones is 1. The minimum Gasteiger partial charge on any atom is -0.287 e. The molecular formula is C12H8Cl2N2O. The summed E-state index contributed by atoms with van der Waals surface area (Å²) in [5, 5.41) is 0.596. The molecule has 0 radical (unpaired) electrons. The van der Waals surface area contributed by atoms with Gasteiger partial charge in [-0.05, 0) is 25.1 Å². The van der Waals surface area contributed by atoms with Crippen LogP contribution in [0.15, 0.2) is 30.5 Å². The minimum absolute atomic E-state index is 0.246. The molecule has 0 aliphatic heterocycles. The van der Waals surface area contributed by atoms with Crippen LogP contribution in [0.4, 0.5) is 0 Å². The largest absolute Gasteiger partial charge is 0.287 e. The molecule has 5 heteroatoms. The van der Waals surface area contributed by atoms with E-state index in [0.29, 0.717) is 22.1 Å². The number of aryl methyl sites for hydroxylation is 1. The van der Waals surface area contributed by atoms with E-state index < -0.39 is 0 Å². The highest BCUT2D eigenvalue weighted by atomic mass is 35.5. The molecule has 2 rings (SSSR count). The van der Waals surface area contributed by atoms with E-state index in [0.717, 1.165) is 0 Å². The first-order chi connectivity index (χ1) is 8.09. The number of benzene rings is 1. The molecule has 17 heavy (non-hydrogen) atoms. The van der Waals surface area contributed by atoms with Gasteiger partial charge in [0.15, 0.2) is 0 Å². The molecule has 0 aliphatic carbocycles. The molecule has 0 spiro atoms. The molecule has 0 atom stereocenters. The van der Waals surface area contributed by atoms with E-state index >= 15 is 0 Å². The van der Waals surface area contributed by atoms with Crippen LogP contribution in [0.3, 0.4) is 0 Å². The summed E-state index contributed by atoms with van der Waals surface area (Å²) in [6, 6.07) is 6.47. The average molecular weight is 267 g/mol. The van der Waals surface area contributed by atoms with E-state index in [4.69, 9.17) is 23.2 Å². The van der Waals surface area contributed by atoms with Gasteiger partial charge in [0.05, 0.1) is 10.0 Å². The molecular weight excluding hydrogens is 259 g/mol. The van der Waals surface area contributed by atoms with Gasteiger partial charge in [-0.25, -0.2) is 9.97 Å². The van der Waals surface area contributed by atoms with Crippen molar-refractivity contribution in [3.63, 3.8) is 0 Å². The lowest BCUT2D eigenvalue weighted by Gasteiger charge is -2.04. The zero-order valence-electron chi connectivity index (χ0n) is 8.95. The molecule has 0 unspecified atom stereocenters. The number of halogens is 2. The van der Waals surface area contributed by atoms with E-state index in [1.54, 1.807) is 31.2 Å². The maximum Gasteiger partial charge on any atom is 0.213 e. The van der Waals surface area contributed by atoms with Crippen molar-refractivity contribution in [1.82, 2.24) is 9.97 Å². The Morgan fingerprint density at radius 2 is 2.00 bits per heavy atom. The highest BCUT2D eigenvalue weighted by molar-refractivity contribution is 6.44. The second-order valence-electron chi connectivity index (χ2n) is 3.42. The zero-order valence-corrected chi connectivity index (χ0v) is 10.5. The van der Waals surface area contributed by atoms with Gasteiger partial charge in [0.2, 0.25) is 5.78 Å². The fourth-order valence-electron chi connectivity index (χ4n) is 1.40. The Labute approximate surface area is 108 Å². The van der Waals surface area contributed by atoms with Crippen molar-refractivity contribution in [3.05, 3.63) is 57.6 Å². The van der Waals surface area contributed by atoms with Gasteiger partial charge in [0.1, 0.15) is 11.5 Å². The summed E-state index contributed by atoms with van der Waals surface area (Å²) >= 11 is 11.8. The summed E-state index contributed by atoms with van der Waals surface area (Å²) in [6.07, 6.45) is 1.54. The van der Waals surface area contributed by atoms with E-state index in [1.807, 2.05) is 0 Å². The van der Waals surface area contributed by atoms with Crippen LogP contribution in [0.25, 0.3) is 0 Å². The van der Waals surface area contributed by atoms with Crippen molar-refractivity contribution in [2.45, 2.75) is 6.92 Å². The Hall–Kier alpha value is -1.45. The Bertz CT molecular complexity index is 584. The predicted octanol–water partition coefficient (Wildman–Crippen LogP) is 3.32. The second-order valence-corrected chi connectivity index (χ2v) is 4.20. The molecule has 0 aliphatic rings. The topological polar surface area (TPSA) is 42.9 Å². The van der Waals surface area contributed by atoms with Gasteiger partial charge in [-0.3, -0.25) is 4.79 Å². The molecule has 1 aromatic carbocycles. The number of carbonyl (C=O) groups excluding carboxylic acids is 1. The molecule has 1 heterocycles. The highest BCUT2D eigenvalue weighted by Gasteiger charge is 2.15. The van der Waals surface area contributed by atoms with Gasteiger partial charge in [0, 0.05) is 11.8 Å². The van der Waals surface area contributed by atoms with Crippen LogP contribution in [0.5, 0.6) is 0 Å². The molecule has 0 N–H and O–H groups in total. The number of hydrogen-bond acceptors (Lipinski definition) is 3. The lowest BCUT2D eigenvalue weighted by atomic mass is 10.1. The van der Waals surface area contributed by atoms with Crippen LogP contribution in [0.2, 0.25) is 10.0 Å². The van der Waals surface area contributed by atoms with Crippen LogP contribution in [-0.2, 0) is 0 Å². The minimum atomic E-state index is -0.261. The smallest absolute Gasteiger partial charge is 0.213 e. The van der Waals surface area contributed by atoms with Crippen LogP contribution in [-0.4, -0.2) is 15.8 Å². The number of aromatic nitrogens is 2. The summed E-state index contributed by atoms with van der Waals surface area (Å²) in [7, 11) is 0. The van der Waals surface area contributed by atoms with Gasteiger partial charge in [-0.15, -0.1) is 0 Å². The van der Waals surface area contributed by atoms with Gasteiger partial charge < -0.3 is 0 Å². The second kappa shape index (κ2) is 4.82.